The van der Waals surface area contributed by atoms with E-state index >= 15 is 0 Å². The first kappa shape index (κ1) is 12.5. The van der Waals surface area contributed by atoms with E-state index in [-0.39, 0.29) is 6.42 Å². The number of hydrogen-bond acceptors (Lipinski definition) is 4. The van der Waals surface area contributed by atoms with Crippen LogP contribution in [0.2, 0.25) is 5.02 Å². The summed E-state index contributed by atoms with van der Waals surface area (Å²) in [5.74, 6) is -0.242. The Labute approximate surface area is 108 Å². The third kappa shape index (κ3) is 1.99. The Morgan fingerprint density at radius 3 is 2.88 bits per heavy atom. The van der Waals surface area contributed by atoms with Crippen molar-refractivity contribution in [2.45, 2.75) is 16.9 Å². The number of carboxylic acids is 1. The van der Waals surface area contributed by atoms with Crippen molar-refractivity contribution in [3.8, 4) is 5.75 Å². The minimum Gasteiger partial charge on any atom is -0.496 e. The number of rotatable bonds is 2. The first-order valence-electron chi connectivity index (χ1n) is 4.95. The van der Waals surface area contributed by atoms with Gasteiger partial charge in [0, 0.05) is 22.8 Å². The first-order chi connectivity index (χ1) is 7.99. The van der Waals surface area contributed by atoms with Crippen LogP contribution in [0.5, 0.6) is 5.75 Å². The lowest BCUT2D eigenvalue weighted by atomic mass is 9.90. The van der Waals surface area contributed by atoms with Crippen LogP contribution in [0.1, 0.15) is 12.0 Å². The van der Waals surface area contributed by atoms with Crippen molar-refractivity contribution in [2.24, 2.45) is 0 Å². The zero-order chi connectivity index (χ0) is 12.6. The van der Waals surface area contributed by atoms with Gasteiger partial charge in [-0.1, -0.05) is 11.6 Å². The monoisotopic (exact) mass is 274 g/mol. The van der Waals surface area contributed by atoms with Gasteiger partial charge in [-0.05, 0) is 12.1 Å². The van der Waals surface area contributed by atoms with Gasteiger partial charge in [0.2, 0.25) is 0 Å². The maximum absolute atomic E-state index is 11.2. The fraction of sp³-hybridized carbons (Fsp3) is 0.364. The topological polar surface area (TPSA) is 66.8 Å². The molecule has 1 atom stereocenters. The van der Waals surface area contributed by atoms with Crippen molar-refractivity contribution in [1.29, 1.82) is 0 Å². The zero-order valence-electron chi connectivity index (χ0n) is 9.07. The summed E-state index contributed by atoms with van der Waals surface area (Å²) >= 11 is 7.36. The maximum Gasteiger partial charge on any atom is 0.340 e. The van der Waals surface area contributed by atoms with Crippen LogP contribution >= 0.6 is 23.4 Å². The van der Waals surface area contributed by atoms with Crippen molar-refractivity contribution in [3.63, 3.8) is 0 Å². The predicted octanol–water partition coefficient (Wildman–Crippen LogP) is 2.12. The van der Waals surface area contributed by atoms with E-state index in [4.69, 9.17) is 21.4 Å². The van der Waals surface area contributed by atoms with Gasteiger partial charge in [0.15, 0.2) is 5.60 Å². The molecule has 1 aliphatic rings. The van der Waals surface area contributed by atoms with E-state index in [9.17, 15) is 9.90 Å². The van der Waals surface area contributed by atoms with E-state index in [1.807, 2.05) is 0 Å². The zero-order valence-corrected chi connectivity index (χ0v) is 10.6. The van der Waals surface area contributed by atoms with Gasteiger partial charge in [0.1, 0.15) is 5.75 Å². The highest BCUT2D eigenvalue weighted by atomic mass is 35.5. The number of ether oxygens (including phenoxy) is 1. The molecule has 1 heterocycles. The lowest BCUT2D eigenvalue weighted by Gasteiger charge is -2.31. The summed E-state index contributed by atoms with van der Waals surface area (Å²) in [6.45, 7) is 0. The summed E-state index contributed by atoms with van der Waals surface area (Å²) in [7, 11) is 1.49. The maximum atomic E-state index is 11.2. The van der Waals surface area contributed by atoms with Crippen molar-refractivity contribution in [2.75, 3.05) is 12.9 Å². The highest BCUT2D eigenvalue weighted by Crippen LogP contribution is 2.46. The number of methoxy groups -OCH3 is 1. The second-order valence-corrected chi connectivity index (χ2v) is 5.29. The molecule has 0 unspecified atom stereocenters. The Morgan fingerprint density at radius 1 is 1.59 bits per heavy atom. The average molecular weight is 275 g/mol. The summed E-state index contributed by atoms with van der Waals surface area (Å²) in [5, 5.41) is 19.7. The van der Waals surface area contributed by atoms with Gasteiger partial charge in [0.05, 0.1) is 12.0 Å². The molecule has 0 fully saturated rings. The molecule has 4 nitrogen and oxygen atoms in total. The molecule has 0 aromatic heterocycles. The molecule has 92 valence electrons. The summed E-state index contributed by atoms with van der Waals surface area (Å²) in [5.41, 5.74) is -1.57. The van der Waals surface area contributed by atoms with Crippen LogP contribution in [-0.4, -0.2) is 29.0 Å². The molecule has 1 aliphatic heterocycles. The Hall–Kier alpha value is -0.910. The third-order valence-corrected chi connectivity index (χ3v) is 4.09. The summed E-state index contributed by atoms with van der Waals surface area (Å²) < 4.78 is 5.16. The second-order valence-electron chi connectivity index (χ2n) is 3.75. The SMILES string of the molecule is COc1cc(Cl)cc2c1SCC[C@]2(O)C(=O)O. The molecule has 0 bridgehead atoms. The van der Waals surface area contributed by atoms with Gasteiger partial charge < -0.3 is 14.9 Å². The Morgan fingerprint density at radius 2 is 2.29 bits per heavy atom. The minimum atomic E-state index is -1.88. The molecule has 2 rings (SSSR count). The van der Waals surface area contributed by atoms with Crippen LogP contribution in [0.3, 0.4) is 0 Å². The van der Waals surface area contributed by atoms with Crippen LogP contribution in [0.25, 0.3) is 0 Å². The molecule has 0 spiro atoms. The Balaban J connectivity index is 2.66. The molecule has 0 aliphatic carbocycles. The number of benzene rings is 1. The van der Waals surface area contributed by atoms with E-state index in [0.29, 0.717) is 27.0 Å². The fourth-order valence-electron chi connectivity index (χ4n) is 1.83. The standard InChI is InChI=1S/C11H11ClO4S/c1-16-8-5-6(12)4-7-9(8)17-3-2-11(7,15)10(13)14/h4-5,15H,2-3H2,1H3,(H,13,14)/t11-/m1/s1. The van der Waals surface area contributed by atoms with Gasteiger partial charge in [0.25, 0.3) is 0 Å². The van der Waals surface area contributed by atoms with Crippen LogP contribution in [0.4, 0.5) is 0 Å². The number of carboxylic acid groups (broad SMARTS) is 1. The normalized spacial score (nSPS) is 23.0. The van der Waals surface area contributed by atoms with Crippen LogP contribution in [-0.2, 0) is 10.4 Å². The van der Waals surface area contributed by atoms with Crippen molar-refractivity contribution >= 4 is 29.3 Å². The summed E-state index contributed by atoms with van der Waals surface area (Å²) in [6.07, 6.45) is 0.156. The summed E-state index contributed by atoms with van der Waals surface area (Å²) in [4.78, 5) is 11.9. The molecule has 0 radical (unpaired) electrons. The number of aliphatic carboxylic acids is 1. The second kappa shape index (κ2) is 4.40. The van der Waals surface area contributed by atoms with E-state index in [0.717, 1.165) is 0 Å². The fourth-order valence-corrected chi connectivity index (χ4v) is 3.31. The van der Waals surface area contributed by atoms with Crippen LogP contribution < -0.4 is 4.74 Å². The van der Waals surface area contributed by atoms with Crippen molar-refractivity contribution < 1.29 is 19.7 Å². The lowest BCUT2D eigenvalue weighted by Crippen LogP contribution is -2.38. The Kier molecular flexibility index (Phi) is 3.25. The highest BCUT2D eigenvalue weighted by Gasteiger charge is 2.43. The van der Waals surface area contributed by atoms with Crippen molar-refractivity contribution in [3.05, 3.63) is 22.7 Å². The molecular weight excluding hydrogens is 264 g/mol. The average Bonchev–Trinajstić information content (AvgIpc) is 2.29. The molecule has 0 amide bonds. The van der Waals surface area contributed by atoms with E-state index in [1.165, 1.54) is 24.9 Å². The van der Waals surface area contributed by atoms with Crippen LogP contribution in [0.15, 0.2) is 17.0 Å². The molecule has 0 saturated heterocycles. The highest BCUT2D eigenvalue weighted by molar-refractivity contribution is 7.99. The molecule has 1 aromatic carbocycles. The van der Waals surface area contributed by atoms with E-state index in [1.54, 1.807) is 6.07 Å². The van der Waals surface area contributed by atoms with Crippen molar-refractivity contribution in [1.82, 2.24) is 0 Å². The number of aliphatic hydroxyl groups is 1. The molecule has 0 saturated carbocycles. The van der Waals surface area contributed by atoms with Gasteiger partial charge in [-0.2, -0.15) is 0 Å². The van der Waals surface area contributed by atoms with Gasteiger partial charge in [-0.3, -0.25) is 0 Å². The summed E-state index contributed by atoms with van der Waals surface area (Å²) in [6, 6.07) is 3.10. The number of carbonyl (C=O) groups is 1. The quantitative estimate of drug-likeness (QED) is 0.865. The number of thioether (sulfide) groups is 1. The van der Waals surface area contributed by atoms with E-state index < -0.39 is 11.6 Å². The third-order valence-electron chi connectivity index (χ3n) is 2.75. The number of halogens is 1. The Bertz CT molecular complexity index is 477. The van der Waals surface area contributed by atoms with Gasteiger partial charge in [-0.25, -0.2) is 4.79 Å². The molecule has 6 heteroatoms. The minimum absolute atomic E-state index is 0.156. The smallest absolute Gasteiger partial charge is 0.340 e. The number of hydrogen-bond donors (Lipinski definition) is 2. The van der Waals surface area contributed by atoms with Crippen LogP contribution in [0, 0.1) is 0 Å². The molecule has 2 N–H and O–H groups in total. The van der Waals surface area contributed by atoms with Gasteiger partial charge >= 0.3 is 5.97 Å². The molecular formula is C11H11ClO4S. The lowest BCUT2D eigenvalue weighted by molar-refractivity contribution is -0.160. The first-order valence-corrected chi connectivity index (χ1v) is 6.32. The predicted molar refractivity (Wildman–Crippen MR) is 64.9 cm³/mol. The molecule has 1 aromatic rings. The largest absolute Gasteiger partial charge is 0.496 e. The molecule has 17 heavy (non-hydrogen) atoms. The van der Waals surface area contributed by atoms with Gasteiger partial charge in [-0.15, -0.1) is 11.8 Å². The van der Waals surface area contributed by atoms with E-state index in [2.05, 4.69) is 0 Å². The number of fused-ring (bicyclic) bond motifs is 1.